The summed E-state index contributed by atoms with van der Waals surface area (Å²) >= 11 is 6.29. The van der Waals surface area contributed by atoms with Gasteiger partial charge in [0, 0.05) is 17.8 Å². The molecule has 160 valence electrons. The van der Waals surface area contributed by atoms with Crippen LogP contribution in [0.25, 0.3) is 0 Å². The molecular weight excluding hydrogens is 432 g/mol. The van der Waals surface area contributed by atoms with Crippen molar-refractivity contribution in [1.82, 2.24) is 0 Å². The van der Waals surface area contributed by atoms with Crippen molar-refractivity contribution in [2.45, 2.75) is 31.6 Å². The SMILES string of the molecule is CCc1cccc(C)c1NC(=O)c1ccc(Cl)c(S(=O)(=O)N2CCc3ccccc32)c1. The molecule has 5 nitrogen and oxygen atoms in total. The number of anilines is 2. The van der Waals surface area contributed by atoms with Crippen LogP contribution in [0, 0.1) is 6.92 Å². The third kappa shape index (κ3) is 3.93. The molecule has 3 aromatic carbocycles. The minimum Gasteiger partial charge on any atom is -0.321 e. The second kappa shape index (κ2) is 8.36. The zero-order valence-corrected chi connectivity index (χ0v) is 18.9. The monoisotopic (exact) mass is 454 g/mol. The van der Waals surface area contributed by atoms with Crippen molar-refractivity contribution < 1.29 is 13.2 Å². The first-order chi connectivity index (χ1) is 14.8. The molecule has 0 aromatic heterocycles. The van der Waals surface area contributed by atoms with Gasteiger partial charge in [0.15, 0.2) is 0 Å². The Hall–Kier alpha value is -2.83. The van der Waals surface area contributed by atoms with Gasteiger partial charge in [-0.15, -0.1) is 0 Å². The van der Waals surface area contributed by atoms with E-state index < -0.39 is 10.0 Å². The number of benzene rings is 3. The number of rotatable bonds is 5. The molecule has 0 unspecified atom stereocenters. The highest BCUT2D eigenvalue weighted by atomic mass is 35.5. The third-order valence-electron chi connectivity index (χ3n) is 5.58. The van der Waals surface area contributed by atoms with Crippen LogP contribution >= 0.6 is 11.6 Å². The summed E-state index contributed by atoms with van der Waals surface area (Å²) < 4.78 is 28.2. The molecule has 1 N–H and O–H groups in total. The Morgan fingerprint density at radius 3 is 2.65 bits per heavy atom. The van der Waals surface area contributed by atoms with E-state index in [9.17, 15) is 13.2 Å². The van der Waals surface area contributed by atoms with Crippen LogP contribution in [0.3, 0.4) is 0 Å². The Kier molecular flexibility index (Phi) is 5.77. The highest BCUT2D eigenvalue weighted by Gasteiger charge is 2.32. The normalized spacial score (nSPS) is 13.2. The Morgan fingerprint density at radius 1 is 1.10 bits per heavy atom. The van der Waals surface area contributed by atoms with E-state index in [1.54, 1.807) is 12.1 Å². The van der Waals surface area contributed by atoms with E-state index in [2.05, 4.69) is 5.32 Å². The Morgan fingerprint density at radius 2 is 1.87 bits per heavy atom. The van der Waals surface area contributed by atoms with Crippen molar-refractivity contribution in [3.8, 4) is 0 Å². The van der Waals surface area contributed by atoms with Gasteiger partial charge in [-0.05, 0) is 60.7 Å². The molecular formula is C24H23ClN2O3S. The van der Waals surface area contributed by atoms with Crippen LogP contribution < -0.4 is 9.62 Å². The second-order valence-corrected chi connectivity index (χ2v) is 9.76. The number of para-hydroxylation sites is 2. The van der Waals surface area contributed by atoms with Gasteiger partial charge >= 0.3 is 0 Å². The van der Waals surface area contributed by atoms with E-state index >= 15 is 0 Å². The van der Waals surface area contributed by atoms with Gasteiger partial charge in [-0.2, -0.15) is 0 Å². The van der Waals surface area contributed by atoms with Crippen LogP contribution in [-0.2, 0) is 22.9 Å². The number of hydrogen-bond donors (Lipinski definition) is 1. The summed E-state index contributed by atoms with van der Waals surface area (Å²) in [4.78, 5) is 12.9. The summed E-state index contributed by atoms with van der Waals surface area (Å²) in [6.45, 7) is 4.29. The average Bonchev–Trinajstić information content (AvgIpc) is 3.20. The first-order valence-corrected chi connectivity index (χ1v) is 11.9. The van der Waals surface area contributed by atoms with Crippen molar-refractivity contribution in [1.29, 1.82) is 0 Å². The molecule has 1 heterocycles. The smallest absolute Gasteiger partial charge is 0.265 e. The number of nitrogens with zero attached hydrogens (tertiary/aromatic N) is 1. The molecule has 0 radical (unpaired) electrons. The predicted molar refractivity (Wildman–Crippen MR) is 125 cm³/mol. The summed E-state index contributed by atoms with van der Waals surface area (Å²) in [6, 6.07) is 17.6. The lowest BCUT2D eigenvalue weighted by Gasteiger charge is -2.21. The lowest BCUT2D eigenvalue weighted by Crippen LogP contribution is -2.29. The maximum absolute atomic E-state index is 13.4. The minimum atomic E-state index is -3.91. The standard InChI is InChI=1S/C24H23ClN2O3S/c1-3-17-9-6-7-16(2)23(17)26-24(28)19-11-12-20(25)22(15-19)31(29,30)27-14-13-18-8-4-5-10-21(18)27/h4-12,15H,3,13-14H2,1-2H3,(H,26,28). The summed E-state index contributed by atoms with van der Waals surface area (Å²) in [5.41, 5.74) is 4.58. The first kappa shape index (κ1) is 21.4. The Balaban J connectivity index is 1.69. The van der Waals surface area contributed by atoms with Crippen LogP contribution in [0.1, 0.15) is 34.0 Å². The van der Waals surface area contributed by atoms with Gasteiger partial charge in [-0.1, -0.05) is 54.9 Å². The molecule has 0 saturated carbocycles. The zero-order chi connectivity index (χ0) is 22.2. The molecule has 4 rings (SSSR count). The predicted octanol–water partition coefficient (Wildman–Crippen LogP) is 5.21. The van der Waals surface area contributed by atoms with Crippen LogP contribution in [0.5, 0.6) is 0 Å². The molecule has 1 aliphatic heterocycles. The van der Waals surface area contributed by atoms with E-state index in [1.165, 1.54) is 16.4 Å². The number of carbonyl (C=O) groups excluding carboxylic acids is 1. The van der Waals surface area contributed by atoms with Gasteiger partial charge in [-0.3, -0.25) is 9.10 Å². The first-order valence-electron chi connectivity index (χ1n) is 10.1. The number of carbonyl (C=O) groups is 1. The van der Waals surface area contributed by atoms with Crippen LogP contribution in [-0.4, -0.2) is 20.9 Å². The lowest BCUT2D eigenvalue weighted by atomic mass is 10.1. The molecule has 0 bridgehead atoms. The van der Waals surface area contributed by atoms with E-state index in [-0.39, 0.29) is 21.4 Å². The van der Waals surface area contributed by atoms with E-state index in [0.29, 0.717) is 18.7 Å². The van der Waals surface area contributed by atoms with Crippen LogP contribution in [0.15, 0.2) is 65.6 Å². The number of fused-ring (bicyclic) bond motifs is 1. The fourth-order valence-corrected chi connectivity index (χ4v) is 5.91. The van der Waals surface area contributed by atoms with Gasteiger partial charge in [0.2, 0.25) is 0 Å². The average molecular weight is 455 g/mol. The number of aryl methyl sites for hydroxylation is 2. The Bertz CT molecular complexity index is 1270. The summed E-state index contributed by atoms with van der Waals surface area (Å²) in [5.74, 6) is -0.376. The number of sulfonamides is 1. The largest absolute Gasteiger partial charge is 0.321 e. The summed E-state index contributed by atoms with van der Waals surface area (Å²) in [5, 5.41) is 3.03. The highest BCUT2D eigenvalue weighted by Crippen LogP contribution is 2.35. The molecule has 31 heavy (non-hydrogen) atoms. The van der Waals surface area contributed by atoms with E-state index in [4.69, 9.17) is 11.6 Å². The fourth-order valence-electron chi connectivity index (χ4n) is 3.91. The molecule has 0 saturated heterocycles. The van der Waals surface area contributed by atoms with Crippen molar-refractivity contribution in [2.24, 2.45) is 0 Å². The van der Waals surface area contributed by atoms with E-state index in [0.717, 1.165) is 28.8 Å². The second-order valence-electron chi connectivity index (χ2n) is 7.52. The van der Waals surface area contributed by atoms with Crippen molar-refractivity contribution >= 4 is 38.9 Å². The van der Waals surface area contributed by atoms with Gasteiger partial charge in [0.1, 0.15) is 4.90 Å². The molecule has 3 aromatic rings. The quantitative estimate of drug-likeness (QED) is 0.575. The maximum atomic E-state index is 13.4. The molecule has 0 aliphatic carbocycles. The van der Waals surface area contributed by atoms with E-state index in [1.807, 2.05) is 50.2 Å². The lowest BCUT2D eigenvalue weighted by molar-refractivity contribution is 0.102. The maximum Gasteiger partial charge on any atom is 0.265 e. The van der Waals surface area contributed by atoms with Crippen molar-refractivity contribution in [2.75, 3.05) is 16.2 Å². The van der Waals surface area contributed by atoms with Gasteiger partial charge in [0.05, 0.1) is 10.7 Å². The number of hydrogen-bond acceptors (Lipinski definition) is 3. The molecule has 0 atom stereocenters. The zero-order valence-electron chi connectivity index (χ0n) is 17.4. The van der Waals surface area contributed by atoms with Crippen LogP contribution in [0.4, 0.5) is 11.4 Å². The van der Waals surface area contributed by atoms with Crippen LogP contribution in [0.2, 0.25) is 5.02 Å². The minimum absolute atomic E-state index is 0.0704. The number of halogens is 1. The topological polar surface area (TPSA) is 66.5 Å². The van der Waals surface area contributed by atoms with Gasteiger partial charge < -0.3 is 5.32 Å². The summed E-state index contributed by atoms with van der Waals surface area (Å²) in [6.07, 6.45) is 1.41. The van der Waals surface area contributed by atoms with Gasteiger partial charge in [-0.25, -0.2) is 8.42 Å². The third-order valence-corrected chi connectivity index (χ3v) is 7.88. The summed E-state index contributed by atoms with van der Waals surface area (Å²) in [7, 11) is -3.91. The van der Waals surface area contributed by atoms with Crippen molar-refractivity contribution in [3.63, 3.8) is 0 Å². The molecule has 0 fully saturated rings. The Labute approximate surface area is 187 Å². The number of nitrogens with one attached hydrogen (secondary N) is 1. The molecule has 1 aliphatic rings. The van der Waals surface area contributed by atoms with Gasteiger partial charge in [0.25, 0.3) is 15.9 Å². The van der Waals surface area contributed by atoms with Crippen molar-refractivity contribution in [3.05, 3.63) is 87.9 Å². The molecule has 7 heteroatoms. The molecule has 1 amide bonds. The number of amides is 1. The molecule has 0 spiro atoms. The fraction of sp³-hybridized carbons (Fsp3) is 0.208. The highest BCUT2D eigenvalue weighted by molar-refractivity contribution is 7.93.